The maximum absolute atomic E-state index is 12.4. The topological polar surface area (TPSA) is 63.2 Å². The van der Waals surface area contributed by atoms with Crippen LogP contribution in [0.5, 0.6) is 5.75 Å². The number of benzene rings is 2. The van der Waals surface area contributed by atoms with E-state index in [0.29, 0.717) is 12.2 Å². The number of ether oxygens (including phenoxy) is 1. The number of anilines is 1. The molecule has 0 aliphatic rings. The maximum atomic E-state index is 12.4. The summed E-state index contributed by atoms with van der Waals surface area (Å²) >= 11 is 0. The Hall–Kier alpha value is -3.34. The number of carbonyl (C=O) groups excluding carboxylic acids is 1. The Labute approximate surface area is 165 Å². The zero-order chi connectivity index (χ0) is 19.8. The molecule has 144 valence electrons. The number of methoxy groups -OCH3 is 1. The molecule has 5 nitrogen and oxygen atoms in total. The number of carbonyl (C=O) groups is 1. The molecule has 1 aromatic heterocycles. The SMILES string of the molecule is COc1cccc(CCNc2ccnc(C(=O)NCc3ccccc3C)c2)c1. The van der Waals surface area contributed by atoms with Gasteiger partial charge in [0.2, 0.25) is 0 Å². The number of nitrogens with zero attached hydrogens (tertiary/aromatic N) is 1. The predicted molar refractivity (Wildman–Crippen MR) is 112 cm³/mol. The van der Waals surface area contributed by atoms with E-state index in [2.05, 4.69) is 21.7 Å². The van der Waals surface area contributed by atoms with E-state index in [4.69, 9.17) is 4.74 Å². The van der Waals surface area contributed by atoms with Gasteiger partial charge in [-0.1, -0.05) is 36.4 Å². The molecule has 0 unspecified atom stereocenters. The Morgan fingerprint density at radius 1 is 1.07 bits per heavy atom. The van der Waals surface area contributed by atoms with Crippen LogP contribution < -0.4 is 15.4 Å². The number of rotatable bonds is 8. The summed E-state index contributed by atoms with van der Waals surface area (Å²) in [5.74, 6) is 0.675. The molecule has 2 aromatic carbocycles. The van der Waals surface area contributed by atoms with Crippen LogP contribution in [0.2, 0.25) is 0 Å². The molecule has 3 rings (SSSR count). The van der Waals surface area contributed by atoms with Crippen LogP contribution in [0.1, 0.15) is 27.2 Å². The third-order valence-corrected chi connectivity index (χ3v) is 4.57. The molecule has 1 amide bonds. The molecule has 0 saturated heterocycles. The van der Waals surface area contributed by atoms with Gasteiger partial charge in [0.05, 0.1) is 7.11 Å². The van der Waals surface area contributed by atoms with Crippen LogP contribution in [0.25, 0.3) is 0 Å². The summed E-state index contributed by atoms with van der Waals surface area (Å²) in [5.41, 5.74) is 4.73. The molecule has 0 saturated carbocycles. The van der Waals surface area contributed by atoms with E-state index in [9.17, 15) is 4.79 Å². The maximum Gasteiger partial charge on any atom is 0.270 e. The number of nitrogens with one attached hydrogen (secondary N) is 2. The van der Waals surface area contributed by atoms with Gasteiger partial charge in [0.1, 0.15) is 11.4 Å². The Morgan fingerprint density at radius 2 is 1.93 bits per heavy atom. The summed E-state index contributed by atoms with van der Waals surface area (Å²) in [5, 5.41) is 6.28. The van der Waals surface area contributed by atoms with Gasteiger partial charge >= 0.3 is 0 Å². The molecular formula is C23H25N3O2. The van der Waals surface area contributed by atoms with Crippen LogP contribution in [0.4, 0.5) is 5.69 Å². The van der Waals surface area contributed by atoms with Crippen molar-refractivity contribution >= 4 is 11.6 Å². The summed E-state index contributed by atoms with van der Waals surface area (Å²) in [4.78, 5) is 16.6. The van der Waals surface area contributed by atoms with Crippen LogP contribution in [-0.4, -0.2) is 24.5 Å². The van der Waals surface area contributed by atoms with Crippen LogP contribution in [0.15, 0.2) is 66.9 Å². The Balaban J connectivity index is 1.54. The van der Waals surface area contributed by atoms with Gasteiger partial charge in [-0.25, -0.2) is 0 Å². The van der Waals surface area contributed by atoms with Crippen molar-refractivity contribution in [1.29, 1.82) is 0 Å². The van der Waals surface area contributed by atoms with Crippen molar-refractivity contribution in [3.63, 3.8) is 0 Å². The first-order valence-electron chi connectivity index (χ1n) is 9.31. The molecule has 0 bridgehead atoms. The minimum Gasteiger partial charge on any atom is -0.497 e. The second-order valence-corrected chi connectivity index (χ2v) is 6.57. The smallest absolute Gasteiger partial charge is 0.270 e. The van der Waals surface area contributed by atoms with E-state index in [0.717, 1.165) is 35.5 Å². The Bertz CT molecular complexity index is 940. The lowest BCUT2D eigenvalue weighted by Gasteiger charge is -2.10. The molecule has 3 aromatic rings. The number of pyridine rings is 1. The van der Waals surface area contributed by atoms with E-state index in [1.54, 1.807) is 19.4 Å². The summed E-state index contributed by atoms with van der Waals surface area (Å²) in [6.07, 6.45) is 2.50. The van der Waals surface area contributed by atoms with Gasteiger partial charge < -0.3 is 15.4 Å². The van der Waals surface area contributed by atoms with Crippen molar-refractivity contribution in [2.24, 2.45) is 0 Å². The van der Waals surface area contributed by atoms with Crippen molar-refractivity contribution in [3.8, 4) is 5.75 Å². The fourth-order valence-corrected chi connectivity index (χ4v) is 2.92. The van der Waals surface area contributed by atoms with Crippen molar-refractivity contribution in [2.45, 2.75) is 19.9 Å². The highest BCUT2D eigenvalue weighted by atomic mass is 16.5. The van der Waals surface area contributed by atoms with Crippen LogP contribution >= 0.6 is 0 Å². The monoisotopic (exact) mass is 375 g/mol. The van der Waals surface area contributed by atoms with Gasteiger partial charge in [0.25, 0.3) is 5.91 Å². The number of amides is 1. The largest absolute Gasteiger partial charge is 0.497 e. The lowest BCUT2D eigenvalue weighted by molar-refractivity contribution is 0.0946. The van der Waals surface area contributed by atoms with Gasteiger partial charge in [-0.3, -0.25) is 9.78 Å². The molecule has 1 heterocycles. The van der Waals surface area contributed by atoms with Crippen molar-refractivity contribution in [3.05, 3.63) is 89.2 Å². The van der Waals surface area contributed by atoms with E-state index < -0.39 is 0 Å². The molecular weight excluding hydrogens is 350 g/mol. The van der Waals surface area contributed by atoms with Crippen molar-refractivity contribution < 1.29 is 9.53 Å². The number of hydrogen-bond acceptors (Lipinski definition) is 4. The first kappa shape index (κ1) is 19.4. The van der Waals surface area contributed by atoms with Gasteiger partial charge in [0.15, 0.2) is 0 Å². The number of aromatic nitrogens is 1. The fourth-order valence-electron chi connectivity index (χ4n) is 2.92. The highest BCUT2D eigenvalue weighted by Gasteiger charge is 2.08. The molecule has 0 radical (unpaired) electrons. The highest BCUT2D eigenvalue weighted by molar-refractivity contribution is 5.93. The average Bonchev–Trinajstić information content (AvgIpc) is 2.73. The summed E-state index contributed by atoms with van der Waals surface area (Å²) in [7, 11) is 1.67. The third kappa shape index (κ3) is 5.33. The molecule has 0 atom stereocenters. The molecule has 0 spiro atoms. The van der Waals surface area contributed by atoms with E-state index >= 15 is 0 Å². The standard InChI is InChI=1S/C23H25N3O2/c1-17-6-3-4-8-19(17)16-26-23(27)22-15-20(11-13-25-22)24-12-10-18-7-5-9-21(14-18)28-2/h3-9,11,13-15H,10,12,16H2,1-2H3,(H,24,25)(H,26,27). The molecule has 0 fully saturated rings. The van der Waals surface area contributed by atoms with Crippen molar-refractivity contribution in [2.75, 3.05) is 19.0 Å². The van der Waals surface area contributed by atoms with Crippen LogP contribution in [0.3, 0.4) is 0 Å². The lowest BCUT2D eigenvalue weighted by Crippen LogP contribution is -2.24. The van der Waals surface area contributed by atoms with Gasteiger partial charge in [-0.05, 0) is 54.3 Å². The van der Waals surface area contributed by atoms with E-state index in [-0.39, 0.29) is 5.91 Å². The van der Waals surface area contributed by atoms with Crippen molar-refractivity contribution in [1.82, 2.24) is 10.3 Å². The number of hydrogen-bond donors (Lipinski definition) is 2. The minimum absolute atomic E-state index is 0.181. The highest BCUT2D eigenvalue weighted by Crippen LogP contribution is 2.14. The van der Waals surface area contributed by atoms with Crippen LogP contribution in [-0.2, 0) is 13.0 Å². The summed E-state index contributed by atoms with van der Waals surface area (Å²) in [6, 6.07) is 19.7. The first-order valence-corrected chi connectivity index (χ1v) is 9.31. The molecule has 0 aliphatic heterocycles. The van der Waals surface area contributed by atoms with E-state index in [1.807, 2.05) is 55.5 Å². The molecule has 0 aliphatic carbocycles. The second-order valence-electron chi connectivity index (χ2n) is 6.57. The number of aryl methyl sites for hydroxylation is 1. The minimum atomic E-state index is -0.181. The van der Waals surface area contributed by atoms with Crippen LogP contribution in [0, 0.1) is 6.92 Å². The second kappa shape index (κ2) is 9.55. The van der Waals surface area contributed by atoms with Gasteiger partial charge in [0, 0.05) is 25.0 Å². The van der Waals surface area contributed by atoms with E-state index in [1.165, 1.54) is 5.56 Å². The summed E-state index contributed by atoms with van der Waals surface area (Å²) in [6.45, 7) is 3.27. The first-order chi connectivity index (χ1) is 13.7. The molecule has 5 heteroatoms. The zero-order valence-corrected chi connectivity index (χ0v) is 16.2. The lowest BCUT2D eigenvalue weighted by atomic mass is 10.1. The Morgan fingerprint density at radius 3 is 2.75 bits per heavy atom. The molecule has 28 heavy (non-hydrogen) atoms. The normalized spacial score (nSPS) is 10.4. The van der Waals surface area contributed by atoms with Gasteiger partial charge in [-0.15, -0.1) is 0 Å². The van der Waals surface area contributed by atoms with Gasteiger partial charge in [-0.2, -0.15) is 0 Å². The Kier molecular flexibility index (Phi) is 6.63. The average molecular weight is 375 g/mol. The predicted octanol–water partition coefficient (Wildman–Crippen LogP) is 3.98. The fraction of sp³-hybridized carbons (Fsp3) is 0.217. The summed E-state index contributed by atoms with van der Waals surface area (Å²) < 4.78 is 5.25. The zero-order valence-electron chi connectivity index (χ0n) is 16.2. The third-order valence-electron chi connectivity index (χ3n) is 4.57. The molecule has 2 N–H and O–H groups in total. The quantitative estimate of drug-likeness (QED) is 0.625.